The van der Waals surface area contributed by atoms with E-state index < -0.39 is 5.97 Å². The number of pyridine rings is 1. The Hall–Kier alpha value is -3.86. The molecule has 0 spiro atoms. The highest BCUT2D eigenvalue weighted by atomic mass is 16.5. The second kappa shape index (κ2) is 12.6. The van der Waals surface area contributed by atoms with Crippen molar-refractivity contribution in [2.24, 2.45) is 5.92 Å². The van der Waals surface area contributed by atoms with Gasteiger partial charge in [0.15, 0.2) is 5.78 Å². The summed E-state index contributed by atoms with van der Waals surface area (Å²) in [5, 5.41) is 8.99. The van der Waals surface area contributed by atoms with Crippen LogP contribution in [-0.2, 0) is 17.6 Å². The third-order valence-electron chi connectivity index (χ3n) is 6.77. The second-order valence-electron chi connectivity index (χ2n) is 10.3. The van der Waals surface area contributed by atoms with E-state index in [2.05, 4.69) is 45.0 Å². The van der Waals surface area contributed by atoms with Crippen LogP contribution in [0.4, 0.5) is 0 Å². The number of carbonyl (C=O) groups is 2. The van der Waals surface area contributed by atoms with Gasteiger partial charge in [-0.1, -0.05) is 57.5 Å². The Balaban J connectivity index is 1.50. The molecule has 0 radical (unpaired) electrons. The van der Waals surface area contributed by atoms with Crippen molar-refractivity contribution in [1.29, 1.82) is 0 Å². The molecule has 5 heteroatoms. The number of aromatic nitrogens is 1. The maximum atomic E-state index is 13.5. The van der Waals surface area contributed by atoms with E-state index in [9.17, 15) is 9.59 Å². The molecular weight excluding hydrogens is 474 g/mol. The van der Waals surface area contributed by atoms with Gasteiger partial charge in [-0.2, -0.15) is 0 Å². The Morgan fingerprint density at radius 1 is 0.974 bits per heavy atom. The maximum Gasteiger partial charge on any atom is 0.303 e. The molecule has 2 aromatic heterocycles. The highest BCUT2D eigenvalue weighted by Gasteiger charge is 2.18. The van der Waals surface area contributed by atoms with E-state index in [0.29, 0.717) is 29.9 Å². The number of carboxylic acid groups (broad SMARTS) is 1. The molecule has 0 aliphatic carbocycles. The topological polar surface area (TPSA) is 68.0 Å². The zero-order valence-electron chi connectivity index (χ0n) is 22.5. The SMILES string of the molecule is CCCC(Oc1ccc(C(=O)c2cc(CCCC(=O)O)n3ccccc23)cc1)c1ccc(CC(C)C)cc1. The number of fused-ring (bicyclic) bond motifs is 1. The molecular formula is C33H37NO4. The van der Waals surface area contributed by atoms with Crippen LogP contribution in [0.15, 0.2) is 79.0 Å². The van der Waals surface area contributed by atoms with Crippen LogP contribution in [0.5, 0.6) is 5.75 Å². The number of carboxylic acids is 1. The molecule has 1 N–H and O–H groups in total. The van der Waals surface area contributed by atoms with Crippen molar-refractivity contribution in [1.82, 2.24) is 4.40 Å². The zero-order chi connectivity index (χ0) is 27.1. The summed E-state index contributed by atoms with van der Waals surface area (Å²) >= 11 is 0. The van der Waals surface area contributed by atoms with Crippen LogP contribution in [0.1, 0.15) is 85.3 Å². The number of aliphatic carboxylic acids is 1. The summed E-state index contributed by atoms with van der Waals surface area (Å²) in [6, 6.07) is 23.8. The Labute approximate surface area is 225 Å². The third-order valence-corrected chi connectivity index (χ3v) is 6.77. The molecule has 5 nitrogen and oxygen atoms in total. The summed E-state index contributed by atoms with van der Waals surface area (Å²) in [6.45, 7) is 6.61. The number of carbonyl (C=O) groups excluding carboxylic acids is 1. The monoisotopic (exact) mass is 511 g/mol. The number of aryl methyl sites for hydroxylation is 1. The predicted molar refractivity (Wildman–Crippen MR) is 151 cm³/mol. The van der Waals surface area contributed by atoms with Gasteiger partial charge in [0.2, 0.25) is 0 Å². The zero-order valence-corrected chi connectivity index (χ0v) is 22.5. The van der Waals surface area contributed by atoms with Gasteiger partial charge >= 0.3 is 5.97 Å². The van der Waals surface area contributed by atoms with E-state index in [1.54, 1.807) is 0 Å². The minimum atomic E-state index is -0.811. The van der Waals surface area contributed by atoms with Gasteiger partial charge in [-0.3, -0.25) is 9.59 Å². The fraction of sp³-hybridized carbons (Fsp3) is 0.333. The first-order chi connectivity index (χ1) is 18.4. The van der Waals surface area contributed by atoms with E-state index in [1.165, 1.54) is 5.56 Å². The summed E-state index contributed by atoms with van der Waals surface area (Å²) in [5.41, 5.74) is 5.48. The molecule has 0 fully saturated rings. The Bertz CT molecular complexity index is 1370. The molecule has 0 saturated carbocycles. The largest absolute Gasteiger partial charge is 0.486 e. The average molecular weight is 512 g/mol. The highest BCUT2D eigenvalue weighted by Crippen LogP contribution is 2.28. The second-order valence-corrected chi connectivity index (χ2v) is 10.3. The molecule has 1 atom stereocenters. The van der Waals surface area contributed by atoms with Gasteiger partial charge in [0.25, 0.3) is 0 Å². The molecule has 0 bridgehead atoms. The van der Waals surface area contributed by atoms with Crippen molar-refractivity contribution in [3.63, 3.8) is 0 Å². The molecule has 0 aliphatic heterocycles. The fourth-order valence-electron chi connectivity index (χ4n) is 4.92. The van der Waals surface area contributed by atoms with Crippen molar-refractivity contribution >= 4 is 17.3 Å². The molecule has 4 aromatic rings. The molecule has 1 unspecified atom stereocenters. The van der Waals surface area contributed by atoms with E-state index in [-0.39, 0.29) is 18.3 Å². The van der Waals surface area contributed by atoms with Crippen LogP contribution in [0.2, 0.25) is 0 Å². The summed E-state index contributed by atoms with van der Waals surface area (Å²) < 4.78 is 8.36. The summed E-state index contributed by atoms with van der Waals surface area (Å²) in [4.78, 5) is 24.4. The van der Waals surface area contributed by atoms with Gasteiger partial charge < -0.3 is 14.2 Å². The summed E-state index contributed by atoms with van der Waals surface area (Å²) in [6.07, 6.45) is 6.07. The lowest BCUT2D eigenvalue weighted by molar-refractivity contribution is -0.137. The van der Waals surface area contributed by atoms with Crippen molar-refractivity contribution in [2.75, 3.05) is 0 Å². The van der Waals surface area contributed by atoms with Gasteiger partial charge in [-0.25, -0.2) is 0 Å². The Kier molecular flexibility index (Phi) is 9.01. The maximum absolute atomic E-state index is 13.5. The number of hydrogen-bond donors (Lipinski definition) is 1. The lowest BCUT2D eigenvalue weighted by Crippen LogP contribution is -2.08. The van der Waals surface area contributed by atoms with Crippen LogP contribution in [0, 0.1) is 5.92 Å². The van der Waals surface area contributed by atoms with Crippen LogP contribution >= 0.6 is 0 Å². The number of nitrogens with zero attached hydrogens (tertiary/aromatic N) is 1. The first-order valence-corrected chi connectivity index (χ1v) is 13.6. The molecule has 198 valence electrons. The van der Waals surface area contributed by atoms with E-state index >= 15 is 0 Å². The van der Waals surface area contributed by atoms with Gasteiger partial charge in [0, 0.05) is 29.4 Å². The van der Waals surface area contributed by atoms with Gasteiger partial charge in [0.1, 0.15) is 11.9 Å². The van der Waals surface area contributed by atoms with Gasteiger partial charge in [-0.05, 0) is 85.2 Å². The minimum Gasteiger partial charge on any atom is -0.486 e. The lowest BCUT2D eigenvalue weighted by atomic mass is 9.99. The van der Waals surface area contributed by atoms with Crippen LogP contribution in [0.3, 0.4) is 0 Å². The van der Waals surface area contributed by atoms with E-state index in [1.807, 2.05) is 59.1 Å². The molecule has 4 rings (SSSR count). The molecule has 0 amide bonds. The number of rotatable bonds is 13. The van der Waals surface area contributed by atoms with Crippen molar-refractivity contribution in [3.05, 3.63) is 107 Å². The van der Waals surface area contributed by atoms with Crippen molar-refractivity contribution in [3.8, 4) is 5.75 Å². The molecule has 2 aromatic carbocycles. The first-order valence-electron chi connectivity index (χ1n) is 13.6. The number of hydrogen-bond acceptors (Lipinski definition) is 3. The first kappa shape index (κ1) is 27.2. The third kappa shape index (κ3) is 6.71. The normalized spacial score (nSPS) is 12.1. The van der Waals surface area contributed by atoms with Crippen LogP contribution in [0.25, 0.3) is 5.52 Å². The Morgan fingerprint density at radius 2 is 1.71 bits per heavy atom. The number of ether oxygens (including phenoxy) is 1. The Morgan fingerprint density at radius 3 is 2.37 bits per heavy atom. The smallest absolute Gasteiger partial charge is 0.303 e. The summed E-state index contributed by atoms with van der Waals surface area (Å²) in [7, 11) is 0. The average Bonchev–Trinajstić information content (AvgIpc) is 3.27. The van der Waals surface area contributed by atoms with E-state index in [0.717, 1.165) is 41.8 Å². The number of ketones is 1. The van der Waals surface area contributed by atoms with E-state index in [4.69, 9.17) is 9.84 Å². The van der Waals surface area contributed by atoms with Gasteiger partial charge in [-0.15, -0.1) is 0 Å². The number of benzene rings is 2. The molecule has 2 heterocycles. The molecule has 0 aliphatic rings. The van der Waals surface area contributed by atoms with Gasteiger partial charge in [0.05, 0.1) is 5.52 Å². The van der Waals surface area contributed by atoms with Crippen molar-refractivity contribution in [2.45, 2.75) is 65.4 Å². The highest BCUT2D eigenvalue weighted by molar-refractivity contribution is 6.13. The lowest BCUT2D eigenvalue weighted by Gasteiger charge is -2.20. The molecule has 38 heavy (non-hydrogen) atoms. The summed E-state index contributed by atoms with van der Waals surface area (Å²) in [5.74, 6) is 0.491. The predicted octanol–water partition coefficient (Wildman–Crippen LogP) is 7.70. The standard InChI is InChI=1S/C33H37NO4/c1-4-8-31(25-14-12-24(13-15-25)21-23(2)3)38-28-18-16-26(17-19-28)33(37)29-22-27(9-7-11-32(35)36)34-20-6-5-10-30(29)34/h5-6,10,12-20,22-23,31H,4,7-9,11,21H2,1-3H3,(H,35,36). The molecule has 0 saturated heterocycles. The quantitative estimate of drug-likeness (QED) is 0.187. The van der Waals surface area contributed by atoms with Crippen molar-refractivity contribution < 1.29 is 19.4 Å². The van der Waals surface area contributed by atoms with Crippen LogP contribution < -0.4 is 4.74 Å². The minimum absolute atomic E-state index is 0.0431. The van der Waals surface area contributed by atoms with Crippen LogP contribution in [-0.4, -0.2) is 21.3 Å². The fourth-order valence-corrected chi connectivity index (χ4v) is 4.92.